The standard InChI is InChI=1S/C17H23F3N6O2/c1-15(2,3)28-14(27)24-6-7-25(16(4,5)9-24)12-8-11(17(18,19)20)23-13-21-10-22-26(12)13/h8,10H,6-7,9H2,1-5H3. The van der Waals surface area contributed by atoms with E-state index in [-0.39, 0.29) is 18.1 Å². The normalized spacial score (nSPS) is 17.9. The summed E-state index contributed by atoms with van der Waals surface area (Å²) in [7, 11) is 0. The Bertz CT molecular complexity index is 887. The number of rotatable bonds is 1. The van der Waals surface area contributed by atoms with Crippen LogP contribution in [0.1, 0.15) is 40.3 Å². The highest BCUT2D eigenvalue weighted by atomic mass is 19.4. The Morgan fingerprint density at radius 2 is 1.89 bits per heavy atom. The van der Waals surface area contributed by atoms with E-state index in [1.807, 2.05) is 13.8 Å². The van der Waals surface area contributed by atoms with Crippen molar-refractivity contribution >= 4 is 17.7 Å². The summed E-state index contributed by atoms with van der Waals surface area (Å²) in [6, 6.07) is 0.965. The lowest BCUT2D eigenvalue weighted by Gasteiger charge is -2.48. The Morgan fingerprint density at radius 1 is 1.21 bits per heavy atom. The molecule has 0 aromatic carbocycles. The molecule has 1 fully saturated rings. The van der Waals surface area contributed by atoms with Crippen LogP contribution in [0.15, 0.2) is 12.4 Å². The summed E-state index contributed by atoms with van der Waals surface area (Å²) in [5, 5.41) is 4.01. The highest BCUT2D eigenvalue weighted by Gasteiger charge is 2.40. The van der Waals surface area contributed by atoms with Gasteiger partial charge in [0.1, 0.15) is 17.7 Å². The van der Waals surface area contributed by atoms with Gasteiger partial charge in [0.25, 0.3) is 5.78 Å². The SMILES string of the molecule is CC(C)(C)OC(=O)N1CCN(c2cc(C(F)(F)F)nc3ncnn23)C(C)(C)C1. The largest absolute Gasteiger partial charge is 0.444 e. The Balaban J connectivity index is 1.93. The zero-order valence-corrected chi connectivity index (χ0v) is 16.4. The summed E-state index contributed by atoms with van der Waals surface area (Å²) in [5.41, 5.74) is -2.33. The summed E-state index contributed by atoms with van der Waals surface area (Å²) in [4.78, 5) is 23.1. The molecule has 2 aromatic rings. The van der Waals surface area contributed by atoms with E-state index in [4.69, 9.17) is 4.74 Å². The number of fused-ring (bicyclic) bond motifs is 1. The van der Waals surface area contributed by atoms with Gasteiger partial charge in [0.2, 0.25) is 0 Å². The Kier molecular flexibility index (Phi) is 4.67. The number of hydrogen-bond acceptors (Lipinski definition) is 6. The second-order valence-corrected chi connectivity index (χ2v) is 8.34. The minimum Gasteiger partial charge on any atom is -0.444 e. The van der Waals surface area contributed by atoms with Crippen LogP contribution in [0, 0.1) is 0 Å². The second-order valence-electron chi connectivity index (χ2n) is 8.34. The highest BCUT2D eigenvalue weighted by molar-refractivity contribution is 5.69. The van der Waals surface area contributed by atoms with Gasteiger partial charge in [-0.3, -0.25) is 0 Å². The molecule has 1 amide bonds. The Hall–Kier alpha value is -2.59. The number of aromatic nitrogens is 4. The van der Waals surface area contributed by atoms with Gasteiger partial charge in [0.15, 0.2) is 5.69 Å². The number of halogens is 3. The fourth-order valence-electron chi connectivity index (χ4n) is 3.20. The van der Waals surface area contributed by atoms with Crippen molar-refractivity contribution in [3.63, 3.8) is 0 Å². The molecule has 0 unspecified atom stereocenters. The molecule has 0 atom stereocenters. The van der Waals surface area contributed by atoms with Crippen LogP contribution < -0.4 is 4.90 Å². The molecule has 0 bridgehead atoms. The van der Waals surface area contributed by atoms with Crippen LogP contribution in [0.3, 0.4) is 0 Å². The maximum atomic E-state index is 13.3. The smallest absolute Gasteiger partial charge is 0.433 e. The van der Waals surface area contributed by atoms with Crippen molar-refractivity contribution in [2.75, 3.05) is 24.5 Å². The molecule has 0 N–H and O–H groups in total. The van der Waals surface area contributed by atoms with Crippen LogP contribution in [0.2, 0.25) is 0 Å². The molecular formula is C17H23F3N6O2. The molecule has 0 aliphatic carbocycles. The minimum atomic E-state index is -4.61. The van der Waals surface area contributed by atoms with Gasteiger partial charge in [-0.15, -0.1) is 0 Å². The zero-order chi connectivity index (χ0) is 20.9. The van der Waals surface area contributed by atoms with Crippen LogP contribution in [0.25, 0.3) is 5.78 Å². The number of hydrogen-bond donors (Lipinski definition) is 0. The molecule has 8 nitrogen and oxygen atoms in total. The van der Waals surface area contributed by atoms with Crippen LogP contribution in [0.4, 0.5) is 23.8 Å². The van der Waals surface area contributed by atoms with E-state index in [9.17, 15) is 18.0 Å². The van der Waals surface area contributed by atoms with E-state index in [1.54, 1.807) is 30.6 Å². The third-order valence-corrected chi connectivity index (χ3v) is 4.35. The number of nitrogens with zero attached hydrogens (tertiary/aromatic N) is 6. The molecule has 0 saturated carbocycles. The molecular weight excluding hydrogens is 377 g/mol. The van der Waals surface area contributed by atoms with Crippen molar-refractivity contribution in [3.8, 4) is 0 Å². The molecule has 2 aromatic heterocycles. The van der Waals surface area contributed by atoms with Gasteiger partial charge >= 0.3 is 12.3 Å². The number of anilines is 1. The predicted octanol–water partition coefficient (Wildman–Crippen LogP) is 2.98. The second kappa shape index (κ2) is 6.49. The van der Waals surface area contributed by atoms with E-state index >= 15 is 0 Å². The molecule has 154 valence electrons. The first-order valence-electron chi connectivity index (χ1n) is 8.81. The van der Waals surface area contributed by atoms with Crippen LogP contribution >= 0.6 is 0 Å². The van der Waals surface area contributed by atoms with Crippen molar-refractivity contribution in [1.82, 2.24) is 24.5 Å². The van der Waals surface area contributed by atoms with Gasteiger partial charge in [-0.25, -0.2) is 9.78 Å². The maximum absolute atomic E-state index is 13.3. The van der Waals surface area contributed by atoms with Gasteiger partial charge in [-0.2, -0.15) is 27.8 Å². The lowest BCUT2D eigenvalue weighted by Crippen LogP contribution is -2.61. The Morgan fingerprint density at radius 3 is 2.46 bits per heavy atom. The van der Waals surface area contributed by atoms with E-state index in [0.717, 1.165) is 12.4 Å². The van der Waals surface area contributed by atoms with Crippen molar-refractivity contribution < 1.29 is 22.7 Å². The molecule has 3 rings (SSSR count). The average Bonchev–Trinajstić information content (AvgIpc) is 2.99. The third kappa shape index (κ3) is 3.97. The van der Waals surface area contributed by atoms with Crippen molar-refractivity contribution in [2.45, 2.75) is 51.9 Å². The van der Waals surface area contributed by atoms with Gasteiger partial charge in [-0.05, 0) is 34.6 Å². The number of carbonyl (C=O) groups excluding carboxylic acids is 1. The quantitative estimate of drug-likeness (QED) is 0.733. The topological polar surface area (TPSA) is 75.9 Å². The summed E-state index contributed by atoms with van der Waals surface area (Å²) in [5.74, 6) is 0.0962. The van der Waals surface area contributed by atoms with Gasteiger partial charge in [0.05, 0.1) is 5.54 Å². The lowest BCUT2D eigenvalue weighted by molar-refractivity contribution is -0.141. The van der Waals surface area contributed by atoms with Crippen molar-refractivity contribution in [2.24, 2.45) is 0 Å². The van der Waals surface area contributed by atoms with E-state index in [2.05, 4.69) is 15.1 Å². The third-order valence-electron chi connectivity index (χ3n) is 4.35. The number of alkyl halides is 3. The molecule has 1 aliphatic rings. The molecule has 0 spiro atoms. The van der Waals surface area contributed by atoms with Crippen LogP contribution in [-0.2, 0) is 10.9 Å². The lowest BCUT2D eigenvalue weighted by atomic mass is 9.99. The first-order chi connectivity index (χ1) is 12.8. The molecule has 11 heteroatoms. The molecule has 3 heterocycles. The van der Waals surface area contributed by atoms with Crippen molar-refractivity contribution in [3.05, 3.63) is 18.1 Å². The van der Waals surface area contributed by atoms with Gasteiger partial charge in [-0.1, -0.05) is 0 Å². The summed E-state index contributed by atoms with van der Waals surface area (Å²) in [6.45, 7) is 9.93. The number of piperazine rings is 1. The fourth-order valence-corrected chi connectivity index (χ4v) is 3.20. The summed E-state index contributed by atoms with van der Waals surface area (Å²) >= 11 is 0. The minimum absolute atomic E-state index is 0.129. The van der Waals surface area contributed by atoms with E-state index < -0.39 is 29.1 Å². The number of carbonyl (C=O) groups is 1. The molecule has 1 aliphatic heterocycles. The van der Waals surface area contributed by atoms with Gasteiger partial charge < -0.3 is 14.5 Å². The highest BCUT2D eigenvalue weighted by Crippen LogP contribution is 2.34. The fraction of sp³-hybridized carbons (Fsp3) is 0.647. The van der Waals surface area contributed by atoms with E-state index in [1.165, 1.54) is 4.52 Å². The number of ether oxygens (including phenoxy) is 1. The van der Waals surface area contributed by atoms with Crippen LogP contribution in [0.5, 0.6) is 0 Å². The zero-order valence-electron chi connectivity index (χ0n) is 16.4. The van der Waals surface area contributed by atoms with Gasteiger partial charge in [0, 0.05) is 25.7 Å². The summed E-state index contributed by atoms with van der Waals surface area (Å²) < 4.78 is 46.5. The first kappa shape index (κ1) is 20.2. The monoisotopic (exact) mass is 400 g/mol. The summed E-state index contributed by atoms with van der Waals surface area (Å²) in [6.07, 6.45) is -3.89. The predicted molar refractivity (Wildman–Crippen MR) is 95.0 cm³/mol. The molecule has 0 radical (unpaired) electrons. The van der Waals surface area contributed by atoms with Crippen LogP contribution in [-0.4, -0.2) is 61.3 Å². The average molecular weight is 400 g/mol. The Labute approximate surface area is 160 Å². The molecule has 1 saturated heterocycles. The first-order valence-corrected chi connectivity index (χ1v) is 8.81. The van der Waals surface area contributed by atoms with Crippen molar-refractivity contribution in [1.29, 1.82) is 0 Å². The molecule has 28 heavy (non-hydrogen) atoms. The van der Waals surface area contributed by atoms with E-state index in [0.29, 0.717) is 13.1 Å². The number of amides is 1. The maximum Gasteiger partial charge on any atom is 0.433 e.